The quantitative estimate of drug-likeness (QED) is 0.358. The number of carbonyl (C=O) groups excluding carboxylic acids is 1. The van der Waals surface area contributed by atoms with Gasteiger partial charge in [0, 0.05) is 40.3 Å². The summed E-state index contributed by atoms with van der Waals surface area (Å²) in [5.74, 6) is 0.196. The van der Waals surface area contributed by atoms with E-state index in [2.05, 4.69) is 0 Å². The summed E-state index contributed by atoms with van der Waals surface area (Å²) in [6.07, 6.45) is 0. The number of nitrogens with two attached hydrogens (primary N) is 1. The molecule has 1 rings (SSSR count). The predicted octanol–water partition coefficient (Wildman–Crippen LogP) is 1.19. The molecule has 0 fully saturated rings. The van der Waals surface area contributed by atoms with Crippen LogP contribution in [0.2, 0.25) is 0 Å². The average molecular weight is 352 g/mol. The number of hydrogen-bond acceptors (Lipinski definition) is 3. The first-order valence-electron chi connectivity index (χ1n) is 3.22. The van der Waals surface area contributed by atoms with E-state index in [-0.39, 0.29) is 33.6 Å². The van der Waals surface area contributed by atoms with Crippen LogP contribution in [0.15, 0.2) is 24.3 Å². The molecule has 0 atom stereocenters. The smallest absolute Gasteiger partial charge is 0.308 e. The Morgan fingerprint density at radius 2 is 1.83 bits per heavy atom. The van der Waals surface area contributed by atoms with Crippen molar-refractivity contribution in [3.63, 3.8) is 0 Å². The van der Waals surface area contributed by atoms with Crippen molar-refractivity contribution in [2.75, 3.05) is 5.73 Å². The molecule has 0 aromatic heterocycles. The van der Waals surface area contributed by atoms with Crippen molar-refractivity contribution in [3.8, 4) is 5.75 Å². The summed E-state index contributed by atoms with van der Waals surface area (Å²) in [4.78, 5) is 10.4. The molecule has 0 heterocycles. The molecule has 0 aliphatic carbocycles. The Morgan fingerprint density at radius 3 is 2.25 bits per heavy atom. The minimum atomic E-state index is -0.324. The molecule has 2 N–H and O–H groups in total. The van der Waals surface area contributed by atoms with Gasteiger partial charge in [0.25, 0.3) is 0 Å². The summed E-state index contributed by atoms with van der Waals surface area (Å²) >= 11 is 0. The standard InChI is InChI=1S/C8H9NO2.Hg/c1-6(10)11-8-4-2-7(9)3-5-8;/h2-5H,9H2,1H3;. The van der Waals surface area contributed by atoms with E-state index in [1.54, 1.807) is 24.3 Å². The molecule has 0 aliphatic heterocycles. The van der Waals surface area contributed by atoms with Crippen molar-refractivity contribution in [2.24, 2.45) is 0 Å². The summed E-state index contributed by atoms with van der Waals surface area (Å²) < 4.78 is 4.77. The van der Waals surface area contributed by atoms with Crippen LogP contribution in [0.1, 0.15) is 6.92 Å². The summed E-state index contributed by atoms with van der Waals surface area (Å²) in [5, 5.41) is 0. The minimum absolute atomic E-state index is 0. The fourth-order valence-electron chi connectivity index (χ4n) is 0.702. The number of benzene rings is 1. The van der Waals surface area contributed by atoms with Gasteiger partial charge in [-0.15, -0.1) is 0 Å². The maximum Gasteiger partial charge on any atom is 0.308 e. The maximum absolute atomic E-state index is 10.4. The van der Waals surface area contributed by atoms with Crippen molar-refractivity contribution >= 4 is 11.7 Å². The van der Waals surface area contributed by atoms with Crippen LogP contribution < -0.4 is 10.5 Å². The Morgan fingerprint density at radius 1 is 1.33 bits per heavy atom. The van der Waals surface area contributed by atoms with E-state index < -0.39 is 0 Å². The summed E-state index contributed by atoms with van der Waals surface area (Å²) in [6, 6.07) is 6.66. The van der Waals surface area contributed by atoms with Crippen LogP contribution in [0.5, 0.6) is 5.75 Å². The molecule has 0 radical (unpaired) electrons. The topological polar surface area (TPSA) is 52.3 Å². The molecular weight excluding hydrogens is 343 g/mol. The molecule has 4 heteroatoms. The zero-order valence-electron chi connectivity index (χ0n) is 6.91. The van der Waals surface area contributed by atoms with Gasteiger partial charge >= 0.3 is 5.97 Å². The molecule has 0 unspecified atom stereocenters. The second-order valence-corrected chi connectivity index (χ2v) is 2.16. The number of ether oxygens (including phenoxy) is 1. The third-order valence-electron chi connectivity index (χ3n) is 1.14. The van der Waals surface area contributed by atoms with E-state index in [0.717, 1.165) is 0 Å². The third-order valence-corrected chi connectivity index (χ3v) is 1.14. The zero-order valence-corrected chi connectivity index (χ0v) is 12.4. The summed E-state index contributed by atoms with van der Waals surface area (Å²) in [5.41, 5.74) is 6.07. The van der Waals surface area contributed by atoms with Crippen molar-refractivity contribution in [1.29, 1.82) is 0 Å². The van der Waals surface area contributed by atoms with Gasteiger partial charge in [0.15, 0.2) is 0 Å². The van der Waals surface area contributed by atoms with Crippen LogP contribution in [-0.2, 0) is 32.5 Å². The van der Waals surface area contributed by atoms with Crippen LogP contribution in [-0.4, -0.2) is 5.97 Å². The number of hydrogen-bond donors (Lipinski definition) is 1. The first-order chi connectivity index (χ1) is 5.18. The number of carbonyl (C=O) groups is 1. The van der Waals surface area contributed by atoms with Crippen molar-refractivity contribution < 1.29 is 37.2 Å². The molecule has 0 bridgehead atoms. The van der Waals surface area contributed by atoms with Gasteiger partial charge in [0.1, 0.15) is 5.75 Å². The summed E-state index contributed by atoms with van der Waals surface area (Å²) in [7, 11) is 0. The Balaban J connectivity index is 0.00000121. The number of esters is 1. The fraction of sp³-hybridized carbons (Fsp3) is 0.125. The molecule has 1 aromatic rings. The monoisotopic (exact) mass is 353 g/mol. The second-order valence-electron chi connectivity index (χ2n) is 2.16. The first kappa shape index (κ1) is 11.4. The number of nitrogen functional groups attached to an aromatic ring is 1. The SMILES string of the molecule is CC(=O)Oc1ccc(N)cc1.[Hg]. The van der Waals surface area contributed by atoms with E-state index in [0.29, 0.717) is 11.4 Å². The third kappa shape index (κ3) is 3.71. The predicted molar refractivity (Wildman–Crippen MR) is 42.2 cm³/mol. The molecule has 0 saturated carbocycles. The van der Waals surface area contributed by atoms with E-state index in [4.69, 9.17) is 10.5 Å². The van der Waals surface area contributed by atoms with Crippen LogP contribution in [0.3, 0.4) is 0 Å². The van der Waals surface area contributed by atoms with Crippen LogP contribution in [0.25, 0.3) is 0 Å². The van der Waals surface area contributed by atoms with Gasteiger partial charge < -0.3 is 10.5 Å². The molecule has 0 aliphatic rings. The molecule has 0 amide bonds. The van der Waals surface area contributed by atoms with Crippen LogP contribution in [0.4, 0.5) is 5.69 Å². The van der Waals surface area contributed by atoms with Crippen LogP contribution in [0, 0.1) is 0 Å². The van der Waals surface area contributed by atoms with Crippen molar-refractivity contribution in [2.45, 2.75) is 6.92 Å². The minimum Gasteiger partial charge on any atom is -0.427 e. The van der Waals surface area contributed by atoms with Gasteiger partial charge in [-0.2, -0.15) is 0 Å². The Bertz CT molecular complexity index is 258. The Labute approximate surface area is 91.4 Å². The number of rotatable bonds is 1. The average Bonchev–Trinajstić information content (AvgIpc) is 1.93. The normalized spacial score (nSPS) is 8.42. The first-order valence-corrected chi connectivity index (χ1v) is 3.22. The van der Waals surface area contributed by atoms with Gasteiger partial charge in [-0.1, -0.05) is 0 Å². The summed E-state index contributed by atoms with van der Waals surface area (Å²) in [6.45, 7) is 1.36. The molecule has 0 spiro atoms. The Hall–Kier alpha value is -0.575. The second kappa shape index (κ2) is 5.14. The van der Waals surface area contributed by atoms with Gasteiger partial charge in [-0.25, -0.2) is 0 Å². The van der Waals surface area contributed by atoms with E-state index >= 15 is 0 Å². The zero-order chi connectivity index (χ0) is 8.27. The van der Waals surface area contributed by atoms with E-state index in [1.165, 1.54) is 6.92 Å². The fourth-order valence-corrected chi connectivity index (χ4v) is 0.702. The van der Waals surface area contributed by atoms with Gasteiger partial charge in [-0.05, 0) is 24.3 Å². The molecule has 1 aromatic carbocycles. The molecule has 0 saturated heterocycles. The van der Waals surface area contributed by atoms with Crippen molar-refractivity contribution in [1.82, 2.24) is 0 Å². The maximum atomic E-state index is 10.4. The van der Waals surface area contributed by atoms with E-state index in [9.17, 15) is 4.79 Å². The molecule has 12 heavy (non-hydrogen) atoms. The van der Waals surface area contributed by atoms with Crippen molar-refractivity contribution in [3.05, 3.63) is 24.3 Å². The van der Waals surface area contributed by atoms with Crippen LogP contribution >= 0.6 is 0 Å². The van der Waals surface area contributed by atoms with Gasteiger partial charge in [-0.3, -0.25) is 4.79 Å². The largest absolute Gasteiger partial charge is 0.427 e. The number of anilines is 1. The Kier molecular flexibility index (Phi) is 4.89. The van der Waals surface area contributed by atoms with E-state index in [1.807, 2.05) is 0 Å². The molecule has 3 nitrogen and oxygen atoms in total. The molecule has 60 valence electrons. The molecular formula is C8H9HgNO2. The van der Waals surface area contributed by atoms with Gasteiger partial charge in [0.05, 0.1) is 0 Å². The van der Waals surface area contributed by atoms with Gasteiger partial charge in [0.2, 0.25) is 0 Å².